The Bertz CT molecular complexity index is 1270. The lowest BCUT2D eigenvalue weighted by atomic mass is 9.96. The Morgan fingerprint density at radius 3 is 2.45 bits per heavy atom. The molecule has 0 aromatic heterocycles. The minimum Gasteiger partial charge on any atom is -0.446 e. The number of hydrogen-bond acceptors (Lipinski definition) is 7. The molecule has 42 heavy (non-hydrogen) atoms. The Morgan fingerprint density at radius 1 is 1.05 bits per heavy atom. The third-order valence-electron chi connectivity index (χ3n) is 8.07. The van der Waals surface area contributed by atoms with Gasteiger partial charge in [0.25, 0.3) is 5.91 Å². The van der Waals surface area contributed by atoms with Crippen molar-refractivity contribution in [2.75, 3.05) is 6.54 Å². The zero-order valence-corrected chi connectivity index (χ0v) is 25.6. The van der Waals surface area contributed by atoms with Gasteiger partial charge in [-0.05, 0) is 81.4 Å². The quantitative estimate of drug-likeness (QED) is 0.262. The van der Waals surface area contributed by atoms with E-state index < -0.39 is 51.2 Å². The van der Waals surface area contributed by atoms with Gasteiger partial charge in [0.1, 0.15) is 18.2 Å². The van der Waals surface area contributed by atoms with Crippen LogP contribution < -0.4 is 20.7 Å². The van der Waals surface area contributed by atoms with Crippen LogP contribution in [-0.4, -0.2) is 62.2 Å². The van der Waals surface area contributed by atoms with Gasteiger partial charge in [-0.1, -0.05) is 37.6 Å². The van der Waals surface area contributed by atoms with E-state index >= 15 is 0 Å². The van der Waals surface area contributed by atoms with Gasteiger partial charge >= 0.3 is 6.09 Å². The lowest BCUT2D eigenvalue weighted by Crippen LogP contribution is -2.55. The van der Waals surface area contributed by atoms with E-state index in [-0.39, 0.29) is 36.7 Å². The van der Waals surface area contributed by atoms with Crippen LogP contribution in [-0.2, 0) is 35.6 Å². The Kier molecular flexibility index (Phi) is 10.7. The first-order valence-corrected chi connectivity index (χ1v) is 16.7. The molecule has 4 N–H and O–H groups in total. The van der Waals surface area contributed by atoms with E-state index in [0.29, 0.717) is 43.7 Å². The van der Waals surface area contributed by atoms with Crippen molar-refractivity contribution in [3.05, 3.63) is 34.9 Å². The monoisotopic (exact) mass is 624 g/mol. The van der Waals surface area contributed by atoms with Gasteiger partial charge in [-0.25, -0.2) is 13.2 Å². The number of ether oxygens (including phenoxy) is 1. The molecule has 1 saturated heterocycles. The predicted octanol–water partition coefficient (Wildman–Crippen LogP) is 2.81. The molecule has 3 fully saturated rings. The minimum atomic E-state index is -3.86. The summed E-state index contributed by atoms with van der Waals surface area (Å²) in [4.78, 5) is 51.7. The van der Waals surface area contributed by atoms with Crippen LogP contribution in [0.3, 0.4) is 0 Å². The highest BCUT2D eigenvalue weighted by atomic mass is 35.5. The average molecular weight is 625 g/mol. The Labute approximate surface area is 252 Å². The number of benzene rings is 1. The van der Waals surface area contributed by atoms with Crippen molar-refractivity contribution in [1.82, 2.24) is 20.7 Å². The van der Waals surface area contributed by atoms with Crippen molar-refractivity contribution in [3.63, 3.8) is 0 Å². The van der Waals surface area contributed by atoms with Crippen molar-refractivity contribution >= 4 is 45.4 Å². The molecule has 1 aromatic carbocycles. The third-order valence-corrected chi connectivity index (χ3v) is 10.1. The van der Waals surface area contributed by atoms with E-state index in [9.17, 15) is 27.6 Å². The number of rotatable bonds is 13. The van der Waals surface area contributed by atoms with Crippen LogP contribution >= 0.6 is 11.6 Å². The van der Waals surface area contributed by atoms with E-state index in [1.54, 1.807) is 0 Å². The molecule has 3 aliphatic rings. The lowest BCUT2D eigenvalue weighted by molar-refractivity contribution is -0.130. The lowest BCUT2D eigenvalue weighted by Gasteiger charge is -2.26. The molecular weight excluding hydrogens is 584 g/mol. The van der Waals surface area contributed by atoms with Gasteiger partial charge < -0.3 is 20.7 Å². The van der Waals surface area contributed by atoms with Gasteiger partial charge in [0.05, 0.1) is 5.25 Å². The summed E-state index contributed by atoms with van der Waals surface area (Å²) in [5.74, 6) is -2.22. The van der Waals surface area contributed by atoms with E-state index in [0.717, 1.165) is 18.4 Å². The maximum absolute atomic E-state index is 13.4. The molecule has 2 unspecified atom stereocenters. The van der Waals surface area contributed by atoms with Crippen molar-refractivity contribution in [3.8, 4) is 0 Å². The van der Waals surface area contributed by atoms with E-state index in [4.69, 9.17) is 16.3 Å². The molecule has 2 aliphatic carbocycles. The van der Waals surface area contributed by atoms with Gasteiger partial charge in [-0.2, -0.15) is 0 Å². The molecule has 1 aromatic rings. The second-order valence-corrected chi connectivity index (χ2v) is 14.5. The van der Waals surface area contributed by atoms with Crippen molar-refractivity contribution in [2.24, 2.45) is 17.8 Å². The van der Waals surface area contributed by atoms with Crippen LogP contribution in [0.25, 0.3) is 0 Å². The topological polar surface area (TPSA) is 160 Å². The summed E-state index contributed by atoms with van der Waals surface area (Å²) in [6.45, 7) is 4.22. The first-order valence-electron chi connectivity index (χ1n) is 14.8. The number of nitrogens with one attached hydrogen (secondary N) is 4. The molecule has 2 saturated carbocycles. The molecule has 4 amide bonds. The van der Waals surface area contributed by atoms with Crippen LogP contribution in [0.4, 0.5) is 4.79 Å². The van der Waals surface area contributed by atoms with Crippen molar-refractivity contribution in [1.29, 1.82) is 0 Å². The number of halogens is 1. The molecule has 1 aliphatic heterocycles. The van der Waals surface area contributed by atoms with Crippen LogP contribution in [0.2, 0.25) is 5.02 Å². The fraction of sp³-hybridized carbons (Fsp3) is 0.655. The van der Waals surface area contributed by atoms with Gasteiger partial charge in [-0.3, -0.25) is 19.1 Å². The smallest absolute Gasteiger partial charge is 0.408 e. The maximum atomic E-state index is 13.4. The fourth-order valence-corrected chi connectivity index (χ4v) is 7.27. The van der Waals surface area contributed by atoms with E-state index in [1.807, 2.05) is 38.1 Å². The number of carbonyl (C=O) groups is 4. The van der Waals surface area contributed by atoms with Crippen molar-refractivity contribution in [2.45, 2.75) is 95.1 Å². The SMILES string of the molecule is CC(C)C[C@H](NC(=O)OC1CCCC1Cc1cccc(Cl)c1)C(=O)N[C@@H](C[C@@H]1CCNC1=O)C(=O)NS(=O)(=O)C1CC1. The maximum Gasteiger partial charge on any atom is 0.408 e. The number of sulfonamides is 1. The predicted molar refractivity (Wildman–Crippen MR) is 157 cm³/mol. The molecule has 0 spiro atoms. The minimum absolute atomic E-state index is 0.00578. The zero-order chi connectivity index (χ0) is 30.4. The van der Waals surface area contributed by atoms with Crippen LogP contribution in [0.5, 0.6) is 0 Å². The highest BCUT2D eigenvalue weighted by Gasteiger charge is 2.40. The summed E-state index contributed by atoms with van der Waals surface area (Å²) in [5, 5.41) is 8.00. The number of amides is 4. The Morgan fingerprint density at radius 2 is 1.81 bits per heavy atom. The first kappa shape index (κ1) is 32.1. The summed E-state index contributed by atoms with van der Waals surface area (Å²) in [6.07, 6.45) is 3.78. The fourth-order valence-electron chi connectivity index (χ4n) is 5.71. The highest BCUT2D eigenvalue weighted by Crippen LogP contribution is 2.32. The summed E-state index contributed by atoms with van der Waals surface area (Å²) < 4.78 is 32.7. The van der Waals surface area contributed by atoms with Gasteiger partial charge in [-0.15, -0.1) is 0 Å². The molecule has 232 valence electrons. The normalized spacial score (nSPS) is 23.6. The van der Waals surface area contributed by atoms with E-state index in [2.05, 4.69) is 20.7 Å². The largest absolute Gasteiger partial charge is 0.446 e. The van der Waals surface area contributed by atoms with Gasteiger partial charge in [0.2, 0.25) is 21.8 Å². The summed E-state index contributed by atoms with van der Waals surface area (Å²) in [7, 11) is -3.86. The molecule has 4 rings (SSSR count). The molecule has 11 nitrogen and oxygen atoms in total. The third kappa shape index (κ3) is 9.07. The number of alkyl carbamates (subject to hydrolysis) is 1. The van der Waals surface area contributed by atoms with E-state index in [1.165, 1.54) is 0 Å². The standard InChI is InChI=1S/C29H41ClN4O7S/c1-17(2)13-23(33-29(38)41-25-8-4-6-19(25)14-18-5-3-7-21(30)15-18)27(36)32-24(16-20-11-12-31-26(20)35)28(37)34-42(39,40)22-9-10-22/h3,5,7,15,17,19-20,22-25H,4,6,8-14,16H2,1-2H3,(H,31,35)(H,32,36)(H,33,38)(H,34,37)/t19?,20-,23-,24-,25?/m0/s1. The van der Waals surface area contributed by atoms with Gasteiger partial charge in [0, 0.05) is 23.4 Å². The van der Waals surface area contributed by atoms with Crippen LogP contribution in [0, 0.1) is 17.8 Å². The molecular formula is C29H41ClN4O7S. The van der Waals surface area contributed by atoms with Crippen LogP contribution in [0.1, 0.15) is 70.8 Å². The highest BCUT2D eigenvalue weighted by molar-refractivity contribution is 7.90. The first-order chi connectivity index (χ1) is 19.9. The summed E-state index contributed by atoms with van der Waals surface area (Å²) >= 11 is 6.13. The molecule has 1 heterocycles. The molecule has 0 bridgehead atoms. The van der Waals surface area contributed by atoms with Crippen molar-refractivity contribution < 1.29 is 32.3 Å². The Hall–Kier alpha value is -2.86. The average Bonchev–Trinajstić information content (AvgIpc) is 3.59. The summed E-state index contributed by atoms with van der Waals surface area (Å²) in [6, 6.07) is 5.28. The number of carbonyl (C=O) groups excluding carboxylic acids is 4. The molecule has 5 atom stereocenters. The number of hydrogen-bond donors (Lipinski definition) is 4. The zero-order valence-electron chi connectivity index (χ0n) is 24.1. The molecule has 0 radical (unpaired) electrons. The van der Waals surface area contributed by atoms with Gasteiger partial charge in [0.15, 0.2) is 0 Å². The second kappa shape index (κ2) is 14.1. The molecule has 13 heteroatoms. The summed E-state index contributed by atoms with van der Waals surface area (Å²) in [5.41, 5.74) is 1.06. The van der Waals surface area contributed by atoms with Crippen LogP contribution in [0.15, 0.2) is 24.3 Å². The Balaban J connectivity index is 1.40. The second-order valence-electron chi connectivity index (χ2n) is 12.1.